The van der Waals surface area contributed by atoms with Crippen LogP contribution in [-0.2, 0) is 0 Å². The van der Waals surface area contributed by atoms with Crippen LogP contribution in [0.25, 0.3) is 74.5 Å². The molecule has 0 amide bonds. The third-order valence-electron chi connectivity index (χ3n) is 6.95. The molecule has 0 N–H and O–H groups in total. The van der Waals surface area contributed by atoms with E-state index in [1.54, 1.807) is 0 Å². The fourth-order valence-corrected chi connectivity index (χ4v) is 7.72. The van der Waals surface area contributed by atoms with Crippen LogP contribution in [0.1, 0.15) is 0 Å². The summed E-state index contributed by atoms with van der Waals surface area (Å²) in [4.78, 5) is 14.9. The van der Waals surface area contributed by atoms with E-state index in [1.807, 2.05) is 83.3 Å². The molecule has 5 aromatic carbocycles. The average molecular weight is 522 g/mol. The van der Waals surface area contributed by atoms with Gasteiger partial charge in [0.1, 0.15) is 0 Å². The fourth-order valence-electron chi connectivity index (χ4n) is 5.17. The second-order valence-corrected chi connectivity index (χ2v) is 11.3. The monoisotopic (exact) mass is 521 g/mol. The first-order chi connectivity index (χ1) is 18.8. The topological polar surface area (TPSA) is 38.7 Å². The maximum Gasteiger partial charge on any atom is 0.165 e. The molecule has 8 aromatic rings. The first kappa shape index (κ1) is 21.6. The first-order valence-electron chi connectivity index (χ1n) is 12.5. The average Bonchev–Trinajstić information content (AvgIpc) is 3.56. The summed E-state index contributed by atoms with van der Waals surface area (Å²) in [6, 6.07) is 40.0. The highest BCUT2D eigenvalue weighted by molar-refractivity contribution is 7.30. The lowest BCUT2D eigenvalue weighted by atomic mass is 10.1. The van der Waals surface area contributed by atoms with E-state index < -0.39 is 0 Å². The van der Waals surface area contributed by atoms with Crippen LogP contribution in [-0.4, -0.2) is 15.0 Å². The summed E-state index contributed by atoms with van der Waals surface area (Å²) in [5, 5.41) is 5.22. The van der Waals surface area contributed by atoms with E-state index in [0.29, 0.717) is 17.5 Å². The summed E-state index contributed by atoms with van der Waals surface area (Å²) < 4.78 is 5.16. The molecule has 0 aliphatic rings. The number of rotatable bonds is 3. The minimum atomic E-state index is 0.680. The van der Waals surface area contributed by atoms with Gasteiger partial charge in [-0.15, -0.1) is 22.7 Å². The molecule has 0 bridgehead atoms. The molecule has 0 saturated heterocycles. The number of hydrogen-bond donors (Lipinski definition) is 0. The number of nitrogens with zero attached hydrogens (tertiary/aromatic N) is 3. The quantitative estimate of drug-likeness (QED) is 0.232. The van der Waals surface area contributed by atoms with Crippen LogP contribution in [0.5, 0.6) is 0 Å². The molecule has 38 heavy (non-hydrogen) atoms. The molecular weight excluding hydrogens is 503 g/mol. The van der Waals surface area contributed by atoms with Gasteiger partial charge in [0, 0.05) is 57.0 Å². The lowest BCUT2D eigenvalue weighted by Crippen LogP contribution is -2.00. The Morgan fingerprint density at radius 1 is 0.395 bits per heavy atom. The molecule has 0 aliphatic carbocycles. The summed E-state index contributed by atoms with van der Waals surface area (Å²) in [7, 11) is 0. The predicted octanol–water partition coefficient (Wildman–Crippen LogP) is 9.61. The van der Waals surface area contributed by atoms with Crippen molar-refractivity contribution < 1.29 is 0 Å². The molecular formula is C33H19N3S2. The lowest BCUT2D eigenvalue weighted by Gasteiger charge is -2.09. The minimum Gasteiger partial charge on any atom is -0.208 e. The largest absolute Gasteiger partial charge is 0.208 e. The molecule has 0 saturated carbocycles. The number of thiophene rings is 2. The van der Waals surface area contributed by atoms with E-state index in [1.165, 1.54) is 40.3 Å². The smallest absolute Gasteiger partial charge is 0.165 e. The summed E-state index contributed by atoms with van der Waals surface area (Å²) in [5.41, 5.74) is 2.99. The second kappa shape index (κ2) is 8.55. The minimum absolute atomic E-state index is 0.680. The maximum atomic E-state index is 5.00. The van der Waals surface area contributed by atoms with Gasteiger partial charge in [0.05, 0.1) is 0 Å². The molecule has 5 heteroatoms. The summed E-state index contributed by atoms with van der Waals surface area (Å²) in [6.45, 7) is 0. The van der Waals surface area contributed by atoms with Crippen LogP contribution < -0.4 is 0 Å². The van der Waals surface area contributed by atoms with Gasteiger partial charge in [0.25, 0.3) is 0 Å². The third kappa shape index (κ3) is 3.36. The van der Waals surface area contributed by atoms with Crippen LogP contribution in [0.3, 0.4) is 0 Å². The van der Waals surface area contributed by atoms with Gasteiger partial charge >= 0.3 is 0 Å². The zero-order chi connectivity index (χ0) is 25.1. The van der Waals surface area contributed by atoms with Crippen LogP contribution in [0.2, 0.25) is 0 Å². The SMILES string of the molecule is c1ccc(-c2nc(-c3ccccc3)nc(-c3cccc4c3sc3ccc5c6ccccc6sc5c34)n2)cc1. The molecule has 3 aromatic heterocycles. The van der Waals surface area contributed by atoms with E-state index in [2.05, 4.69) is 54.6 Å². The lowest BCUT2D eigenvalue weighted by molar-refractivity contribution is 1.08. The van der Waals surface area contributed by atoms with Gasteiger partial charge in [-0.1, -0.05) is 97.1 Å². The zero-order valence-corrected chi connectivity index (χ0v) is 21.8. The Kier molecular flexibility index (Phi) is 4.87. The van der Waals surface area contributed by atoms with E-state index >= 15 is 0 Å². The molecule has 3 nitrogen and oxygen atoms in total. The van der Waals surface area contributed by atoms with Gasteiger partial charge in [0.15, 0.2) is 17.5 Å². The Morgan fingerprint density at radius 2 is 1.00 bits per heavy atom. The highest BCUT2D eigenvalue weighted by Gasteiger charge is 2.18. The van der Waals surface area contributed by atoms with Crippen molar-refractivity contribution >= 4 is 63.0 Å². The molecule has 8 rings (SSSR count). The maximum absolute atomic E-state index is 5.00. The van der Waals surface area contributed by atoms with Gasteiger partial charge in [-0.25, -0.2) is 15.0 Å². The highest BCUT2D eigenvalue weighted by atomic mass is 32.1. The van der Waals surface area contributed by atoms with Gasteiger partial charge in [-0.3, -0.25) is 0 Å². The Bertz CT molecular complexity index is 2070. The van der Waals surface area contributed by atoms with Crippen molar-refractivity contribution in [1.82, 2.24) is 15.0 Å². The van der Waals surface area contributed by atoms with Crippen LogP contribution in [0.15, 0.2) is 115 Å². The Hall–Kier alpha value is -4.45. The normalized spacial score (nSPS) is 11.7. The highest BCUT2D eigenvalue weighted by Crippen LogP contribution is 2.46. The third-order valence-corrected chi connectivity index (χ3v) is 9.35. The first-order valence-corrected chi connectivity index (χ1v) is 14.1. The van der Waals surface area contributed by atoms with Crippen molar-refractivity contribution in [3.63, 3.8) is 0 Å². The van der Waals surface area contributed by atoms with Crippen LogP contribution >= 0.6 is 22.7 Å². The standard InChI is InChI=1S/C33H19N3S2/c1-3-10-20(11-4-1)31-34-32(21-12-5-2-6-13-21)36-33(35-31)25-16-9-15-24-28-27(38-29(24)25)19-18-23-22-14-7-8-17-26(22)37-30(23)28/h1-19H. The van der Waals surface area contributed by atoms with Crippen LogP contribution in [0, 0.1) is 0 Å². The van der Waals surface area contributed by atoms with Crippen molar-refractivity contribution in [1.29, 1.82) is 0 Å². The Morgan fingerprint density at radius 3 is 1.74 bits per heavy atom. The van der Waals surface area contributed by atoms with Crippen molar-refractivity contribution in [2.75, 3.05) is 0 Å². The Labute approximate surface area is 226 Å². The fraction of sp³-hybridized carbons (Fsp3) is 0. The van der Waals surface area contributed by atoms with E-state index in [4.69, 9.17) is 15.0 Å². The van der Waals surface area contributed by atoms with Gasteiger partial charge in [-0.05, 0) is 18.2 Å². The molecule has 178 valence electrons. The van der Waals surface area contributed by atoms with E-state index in [-0.39, 0.29) is 0 Å². The zero-order valence-electron chi connectivity index (χ0n) is 20.1. The predicted molar refractivity (Wildman–Crippen MR) is 162 cm³/mol. The van der Waals surface area contributed by atoms with Gasteiger partial charge in [0.2, 0.25) is 0 Å². The molecule has 0 unspecified atom stereocenters. The Balaban J connectivity index is 1.41. The van der Waals surface area contributed by atoms with Crippen LogP contribution in [0.4, 0.5) is 0 Å². The summed E-state index contributed by atoms with van der Waals surface area (Å²) in [5.74, 6) is 2.06. The van der Waals surface area contributed by atoms with Crippen molar-refractivity contribution in [3.05, 3.63) is 115 Å². The van der Waals surface area contributed by atoms with Gasteiger partial charge in [-0.2, -0.15) is 0 Å². The number of fused-ring (bicyclic) bond motifs is 7. The molecule has 0 fully saturated rings. The number of hydrogen-bond acceptors (Lipinski definition) is 5. The number of benzene rings is 5. The summed E-state index contributed by atoms with van der Waals surface area (Å²) in [6.07, 6.45) is 0. The second-order valence-electron chi connectivity index (χ2n) is 9.24. The molecule has 0 radical (unpaired) electrons. The summed E-state index contributed by atoms with van der Waals surface area (Å²) >= 11 is 3.69. The molecule has 0 spiro atoms. The van der Waals surface area contributed by atoms with Gasteiger partial charge < -0.3 is 0 Å². The molecule has 0 atom stereocenters. The number of aromatic nitrogens is 3. The van der Waals surface area contributed by atoms with Crippen molar-refractivity contribution in [2.45, 2.75) is 0 Å². The molecule has 3 heterocycles. The van der Waals surface area contributed by atoms with E-state index in [0.717, 1.165) is 16.7 Å². The molecule has 0 aliphatic heterocycles. The van der Waals surface area contributed by atoms with Crippen molar-refractivity contribution in [2.24, 2.45) is 0 Å². The van der Waals surface area contributed by atoms with E-state index in [9.17, 15) is 0 Å². The van der Waals surface area contributed by atoms with Crippen molar-refractivity contribution in [3.8, 4) is 34.2 Å².